The monoisotopic (exact) mass is 362 g/mol. The number of halogens is 1. The average Bonchev–Trinajstić information content (AvgIpc) is 2.92. The fourth-order valence-electron chi connectivity index (χ4n) is 2.55. The van der Waals surface area contributed by atoms with Crippen LogP contribution in [0.15, 0.2) is 30.3 Å². The van der Waals surface area contributed by atoms with E-state index in [0.717, 1.165) is 12.1 Å². The number of aryl methyl sites for hydroxylation is 1. The van der Waals surface area contributed by atoms with Gasteiger partial charge in [-0.15, -0.1) is 0 Å². The standard InChI is InChI=1S/C19H27FN4O2/c1-13(2)26-18-12-17(22-24(18)5)19(25)21-16(10-11-23(3)4)14-6-8-15(20)9-7-14/h6-9,12-13,16H,10-11H2,1-5H3,(H,21,25). The number of nitrogens with one attached hydrogen (secondary N) is 1. The highest BCUT2D eigenvalue weighted by atomic mass is 19.1. The number of carbonyl (C=O) groups is 1. The van der Waals surface area contributed by atoms with E-state index in [9.17, 15) is 9.18 Å². The lowest BCUT2D eigenvalue weighted by Gasteiger charge is -2.21. The molecule has 1 N–H and O–H groups in total. The molecule has 1 amide bonds. The molecule has 0 aliphatic carbocycles. The zero-order valence-electron chi connectivity index (χ0n) is 16.0. The molecule has 1 aromatic carbocycles. The molecule has 6 nitrogen and oxygen atoms in total. The lowest BCUT2D eigenvalue weighted by atomic mass is 10.0. The lowest BCUT2D eigenvalue weighted by Crippen LogP contribution is -2.31. The van der Waals surface area contributed by atoms with Gasteiger partial charge in [-0.1, -0.05) is 12.1 Å². The highest BCUT2D eigenvalue weighted by Crippen LogP contribution is 2.20. The summed E-state index contributed by atoms with van der Waals surface area (Å²) in [5.74, 6) is -0.0456. The SMILES string of the molecule is CC(C)Oc1cc(C(=O)NC(CCN(C)C)c2ccc(F)cc2)nn1C. The van der Waals surface area contributed by atoms with Crippen LogP contribution in [-0.2, 0) is 7.05 Å². The third-order valence-electron chi connectivity index (χ3n) is 3.87. The van der Waals surface area contributed by atoms with E-state index in [1.54, 1.807) is 29.9 Å². The summed E-state index contributed by atoms with van der Waals surface area (Å²) in [4.78, 5) is 14.7. The zero-order valence-corrected chi connectivity index (χ0v) is 16.0. The molecular weight excluding hydrogens is 335 g/mol. The predicted octanol–water partition coefficient (Wildman–Crippen LogP) is 2.77. The topological polar surface area (TPSA) is 59.4 Å². The zero-order chi connectivity index (χ0) is 19.3. The number of carbonyl (C=O) groups excluding carboxylic acids is 1. The van der Waals surface area contributed by atoms with Gasteiger partial charge in [0.05, 0.1) is 12.1 Å². The van der Waals surface area contributed by atoms with E-state index >= 15 is 0 Å². The van der Waals surface area contributed by atoms with Crippen LogP contribution in [0.1, 0.15) is 42.4 Å². The Morgan fingerprint density at radius 3 is 2.54 bits per heavy atom. The molecule has 0 bridgehead atoms. The molecule has 1 heterocycles. The maximum Gasteiger partial charge on any atom is 0.272 e. The summed E-state index contributed by atoms with van der Waals surface area (Å²) in [5.41, 5.74) is 1.15. The van der Waals surface area contributed by atoms with E-state index in [-0.39, 0.29) is 23.9 Å². The Balaban J connectivity index is 2.16. The van der Waals surface area contributed by atoms with Crippen molar-refractivity contribution < 1.29 is 13.9 Å². The van der Waals surface area contributed by atoms with Gasteiger partial charge >= 0.3 is 0 Å². The Kier molecular flexibility index (Phi) is 6.74. The number of ether oxygens (including phenoxy) is 1. The number of hydrogen-bond donors (Lipinski definition) is 1. The van der Waals surface area contributed by atoms with E-state index in [2.05, 4.69) is 10.4 Å². The second kappa shape index (κ2) is 8.80. The van der Waals surface area contributed by atoms with Crippen molar-refractivity contribution in [3.8, 4) is 5.88 Å². The molecule has 0 spiro atoms. The van der Waals surface area contributed by atoms with Crippen molar-refractivity contribution in [2.24, 2.45) is 7.05 Å². The summed E-state index contributed by atoms with van der Waals surface area (Å²) in [6, 6.07) is 7.59. The summed E-state index contributed by atoms with van der Waals surface area (Å²) in [6.45, 7) is 4.61. The van der Waals surface area contributed by atoms with Crippen molar-refractivity contribution in [3.05, 3.63) is 47.4 Å². The van der Waals surface area contributed by atoms with Crippen molar-refractivity contribution in [2.45, 2.75) is 32.4 Å². The molecule has 0 saturated carbocycles. The van der Waals surface area contributed by atoms with Crippen LogP contribution in [0.4, 0.5) is 4.39 Å². The summed E-state index contributed by atoms with van der Waals surface area (Å²) in [6.07, 6.45) is 0.695. The molecule has 26 heavy (non-hydrogen) atoms. The Morgan fingerprint density at radius 2 is 1.96 bits per heavy atom. The Bertz CT molecular complexity index is 726. The largest absolute Gasteiger partial charge is 0.475 e. The smallest absolute Gasteiger partial charge is 0.272 e. The van der Waals surface area contributed by atoms with Gasteiger partial charge in [0.2, 0.25) is 5.88 Å². The van der Waals surface area contributed by atoms with Crippen LogP contribution in [-0.4, -0.2) is 47.3 Å². The van der Waals surface area contributed by atoms with Crippen LogP contribution in [0, 0.1) is 5.82 Å². The second-order valence-electron chi connectivity index (χ2n) is 6.83. The maximum absolute atomic E-state index is 13.2. The Morgan fingerprint density at radius 1 is 1.31 bits per heavy atom. The molecule has 0 radical (unpaired) electrons. The lowest BCUT2D eigenvalue weighted by molar-refractivity contribution is 0.0927. The highest BCUT2D eigenvalue weighted by molar-refractivity contribution is 5.92. The van der Waals surface area contributed by atoms with Gasteiger partial charge in [0.25, 0.3) is 5.91 Å². The molecule has 1 unspecified atom stereocenters. The number of aromatic nitrogens is 2. The fourth-order valence-corrected chi connectivity index (χ4v) is 2.55. The molecule has 0 fully saturated rings. The first-order valence-electron chi connectivity index (χ1n) is 8.68. The predicted molar refractivity (Wildman–Crippen MR) is 98.8 cm³/mol. The number of rotatable bonds is 8. The average molecular weight is 362 g/mol. The van der Waals surface area contributed by atoms with E-state index in [0.29, 0.717) is 18.0 Å². The molecule has 2 aromatic rings. The van der Waals surface area contributed by atoms with Crippen LogP contribution in [0.5, 0.6) is 5.88 Å². The molecular formula is C19H27FN4O2. The summed E-state index contributed by atoms with van der Waals surface area (Å²) in [5, 5.41) is 7.23. The highest BCUT2D eigenvalue weighted by Gasteiger charge is 2.20. The molecule has 0 saturated heterocycles. The minimum atomic E-state index is -0.299. The van der Waals surface area contributed by atoms with Gasteiger partial charge in [0.15, 0.2) is 5.69 Å². The number of amides is 1. The van der Waals surface area contributed by atoms with E-state index in [4.69, 9.17) is 4.74 Å². The number of hydrogen-bond acceptors (Lipinski definition) is 4. The fraction of sp³-hybridized carbons (Fsp3) is 0.474. The number of benzene rings is 1. The Hall–Kier alpha value is -2.41. The summed E-state index contributed by atoms with van der Waals surface area (Å²) in [7, 11) is 5.67. The van der Waals surface area contributed by atoms with Gasteiger partial charge in [-0.05, 0) is 58.6 Å². The van der Waals surface area contributed by atoms with Gasteiger partial charge in [-0.25, -0.2) is 9.07 Å². The van der Waals surface area contributed by atoms with Crippen LogP contribution in [0.25, 0.3) is 0 Å². The van der Waals surface area contributed by atoms with Crippen molar-refractivity contribution in [1.29, 1.82) is 0 Å². The van der Waals surface area contributed by atoms with Crippen molar-refractivity contribution in [1.82, 2.24) is 20.0 Å². The second-order valence-corrected chi connectivity index (χ2v) is 6.83. The molecule has 1 atom stereocenters. The third-order valence-corrected chi connectivity index (χ3v) is 3.87. The normalized spacial score (nSPS) is 12.5. The molecule has 0 aliphatic rings. The molecule has 2 rings (SSSR count). The van der Waals surface area contributed by atoms with Gasteiger partial charge in [-0.2, -0.15) is 5.10 Å². The van der Waals surface area contributed by atoms with Gasteiger partial charge in [0, 0.05) is 13.1 Å². The first kappa shape index (κ1) is 19.9. The van der Waals surface area contributed by atoms with Crippen molar-refractivity contribution in [2.75, 3.05) is 20.6 Å². The van der Waals surface area contributed by atoms with E-state index in [1.165, 1.54) is 12.1 Å². The van der Waals surface area contributed by atoms with Crippen LogP contribution in [0.2, 0.25) is 0 Å². The van der Waals surface area contributed by atoms with Crippen molar-refractivity contribution in [3.63, 3.8) is 0 Å². The van der Waals surface area contributed by atoms with E-state index < -0.39 is 0 Å². The van der Waals surface area contributed by atoms with Crippen LogP contribution in [0.3, 0.4) is 0 Å². The van der Waals surface area contributed by atoms with Crippen LogP contribution >= 0.6 is 0 Å². The first-order valence-corrected chi connectivity index (χ1v) is 8.68. The molecule has 7 heteroatoms. The first-order chi connectivity index (χ1) is 12.3. The summed E-state index contributed by atoms with van der Waals surface area (Å²) >= 11 is 0. The van der Waals surface area contributed by atoms with Crippen molar-refractivity contribution >= 4 is 5.91 Å². The third kappa shape index (κ3) is 5.56. The van der Waals surface area contributed by atoms with Gasteiger partial charge in [0.1, 0.15) is 5.82 Å². The minimum Gasteiger partial charge on any atom is -0.475 e. The minimum absolute atomic E-state index is 0.00614. The quantitative estimate of drug-likeness (QED) is 0.784. The van der Waals surface area contributed by atoms with Gasteiger partial charge < -0.3 is 15.0 Å². The van der Waals surface area contributed by atoms with E-state index in [1.807, 2.05) is 32.8 Å². The molecule has 0 aliphatic heterocycles. The van der Waals surface area contributed by atoms with Crippen LogP contribution < -0.4 is 10.1 Å². The molecule has 1 aromatic heterocycles. The van der Waals surface area contributed by atoms with Gasteiger partial charge in [-0.3, -0.25) is 4.79 Å². The molecule has 142 valence electrons. The summed E-state index contributed by atoms with van der Waals surface area (Å²) < 4.78 is 20.4. The maximum atomic E-state index is 13.2. The number of nitrogens with zero attached hydrogens (tertiary/aromatic N) is 3. The Labute approximate surface area is 153 Å².